The lowest BCUT2D eigenvalue weighted by Crippen LogP contribution is -2.14. The van der Waals surface area contributed by atoms with Gasteiger partial charge in [-0.25, -0.2) is 0 Å². The second-order valence-corrected chi connectivity index (χ2v) is 29.9. The Labute approximate surface area is 658 Å². The van der Waals surface area contributed by atoms with E-state index in [-0.39, 0.29) is 0 Å². The van der Waals surface area contributed by atoms with Crippen molar-refractivity contribution in [3.63, 3.8) is 0 Å². The van der Waals surface area contributed by atoms with Gasteiger partial charge in [0.25, 0.3) is 0 Å². The van der Waals surface area contributed by atoms with Crippen LogP contribution in [0.15, 0.2) is 315 Å². The summed E-state index contributed by atoms with van der Waals surface area (Å²) in [4.78, 5) is 14.4. The normalized spacial score (nSPS) is 11.2. The molecule has 0 atom stereocenters. The Morgan fingerprint density at radius 2 is 0.227 bits per heavy atom. The molecule has 0 aliphatic heterocycles. The summed E-state index contributed by atoms with van der Waals surface area (Å²) >= 11 is 0. The second-order valence-electron chi connectivity index (χ2n) is 29.9. The van der Waals surface area contributed by atoms with Crippen LogP contribution in [0.3, 0.4) is 0 Å². The molecule has 0 unspecified atom stereocenters. The highest BCUT2D eigenvalue weighted by atomic mass is 15.2. The largest absolute Gasteiger partial charge is 0.311 e. The van der Waals surface area contributed by atoms with Crippen molar-refractivity contribution in [1.29, 1.82) is 0 Å². The first-order valence-corrected chi connectivity index (χ1v) is 41.1. The molecule has 13 rings (SSSR count). The van der Waals surface area contributed by atoms with Crippen molar-refractivity contribution < 1.29 is 0 Å². The van der Waals surface area contributed by atoms with Crippen LogP contribution in [0.5, 0.6) is 0 Å². The standard InChI is InChI=1S/C104H112N6/c1-9-15-21-81-31-47-89(48-32-81)107(90-49-33-82(34-50-90)22-16-10-2)99-67-75-103(76-68-99)109(93-55-39-85(40-56-93)25-19-13-5)101-71-63-97(64-72-101)105(87-43-27-79(7)28-44-87)95-59-61-96(62-60-95)106(88-45-29-80(8)30-46-88)98-65-73-102(74-66-98)110(94-57-41-86(42-58-94)26-20-14-6)104-77-69-100(70-78-104)108(91-51-35-83(36-52-91)23-17-11-3)92-53-37-84(38-54-92)24-18-12-4/h27-78H,9-26H2,1-8H3. The van der Waals surface area contributed by atoms with Gasteiger partial charge in [0.15, 0.2) is 0 Å². The Hall–Kier alpha value is -11.3. The Bertz CT molecular complexity index is 4480. The molecule has 13 aromatic carbocycles. The van der Waals surface area contributed by atoms with Gasteiger partial charge in [0.1, 0.15) is 0 Å². The maximum absolute atomic E-state index is 2.41. The molecule has 0 fully saturated rings. The first-order chi connectivity index (χ1) is 54.1. The predicted molar refractivity (Wildman–Crippen MR) is 476 cm³/mol. The summed E-state index contributed by atoms with van der Waals surface area (Å²) in [7, 11) is 0. The molecular weight excluding hydrogens is 1330 g/mol. The number of benzene rings is 13. The lowest BCUT2D eigenvalue weighted by atomic mass is 10.1. The molecular formula is C104H112N6. The molecule has 6 heteroatoms. The van der Waals surface area contributed by atoms with Crippen molar-refractivity contribution in [3.05, 3.63) is 360 Å². The van der Waals surface area contributed by atoms with E-state index in [1.807, 2.05) is 0 Å². The third-order valence-electron chi connectivity index (χ3n) is 21.5. The summed E-state index contributed by atoms with van der Waals surface area (Å²) in [6.45, 7) is 17.9. The van der Waals surface area contributed by atoms with Gasteiger partial charge >= 0.3 is 0 Å². The zero-order valence-corrected chi connectivity index (χ0v) is 66.4. The van der Waals surface area contributed by atoms with E-state index < -0.39 is 0 Å². The smallest absolute Gasteiger partial charge is 0.0463 e. The minimum atomic E-state index is 1.06. The molecule has 558 valence electrons. The fraction of sp³-hybridized carbons (Fsp3) is 0.250. The molecule has 13 aromatic rings. The summed E-state index contributed by atoms with van der Waals surface area (Å²) in [5, 5.41) is 0. The number of hydrogen-bond acceptors (Lipinski definition) is 6. The molecule has 0 N–H and O–H groups in total. The maximum atomic E-state index is 2.41. The molecule has 0 aliphatic carbocycles. The van der Waals surface area contributed by atoms with Gasteiger partial charge < -0.3 is 29.4 Å². The molecule has 110 heavy (non-hydrogen) atoms. The van der Waals surface area contributed by atoms with Gasteiger partial charge in [-0.05, 0) is 343 Å². The second kappa shape index (κ2) is 38.1. The zero-order valence-electron chi connectivity index (χ0n) is 66.4. The van der Waals surface area contributed by atoms with E-state index in [0.29, 0.717) is 0 Å². The quantitative estimate of drug-likeness (QED) is 0.0387. The van der Waals surface area contributed by atoms with Crippen LogP contribution in [-0.2, 0) is 38.5 Å². The van der Waals surface area contributed by atoms with E-state index in [0.717, 1.165) is 141 Å². The number of hydrogen-bond donors (Lipinski definition) is 0. The summed E-state index contributed by atoms with van der Waals surface area (Å²) in [6.07, 6.45) is 20.7. The number of anilines is 18. The number of nitrogens with zero attached hydrogens (tertiary/aromatic N) is 6. The van der Waals surface area contributed by atoms with Crippen LogP contribution in [0.2, 0.25) is 0 Å². The van der Waals surface area contributed by atoms with Crippen molar-refractivity contribution in [2.24, 2.45) is 0 Å². The van der Waals surface area contributed by atoms with E-state index in [2.05, 4.69) is 400 Å². The summed E-state index contributed by atoms with van der Waals surface area (Å²) in [5.41, 5.74) is 30.5. The molecule has 0 radical (unpaired) electrons. The Morgan fingerprint density at radius 3 is 0.327 bits per heavy atom. The number of rotatable bonds is 36. The van der Waals surface area contributed by atoms with E-state index in [4.69, 9.17) is 0 Å². The van der Waals surface area contributed by atoms with E-state index in [1.165, 1.54) is 122 Å². The number of unbranched alkanes of at least 4 members (excludes halogenated alkanes) is 6. The lowest BCUT2D eigenvalue weighted by Gasteiger charge is -2.30. The molecule has 0 bridgehead atoms. The minimum absolute atomic E-state index is 1.06. The first kappa shape index (κ1) is 76.8. The van der Waals surface area contributed by atoms with Crippen molar-refractivity contribution in [3.8, 4) is 0 Å². The van der Waals surface area contributed by atoms with Crippen LogP contribution >= 0.6 is 0 Å². The maximum Gasteiger partial charge on any atom is 0.0463 e. The third kappa shape index (κ3) is 19.2. The van der Waals surface area contributed by atoms with Crippen LogP contribution in [-0.4, -0.2) is 0 Å². The van der Waals surface area contributed by atoms with Crippen LogP contribution in [0, 0.1) is 13.8 Å². The van der Waals surface area contributed by atoms with Crippen molar-refractivity contribution in [2.75, 3.05) is 29.4 Å². The third-order valence-corrected chi connectivity index (χ3v) is 21.5. The van der Waals surface area contributed by atoms with Crippen molar-refractivity contribution >= 4 is 102 Å². The summed E-state index contributed by atoms with van der Waals surface area (Å²) in [6, 6.07) is 119. The molecule has 6 nitrogen and oxygen atoms in total. The average Bonchev–Trinajstić information content (AvgIpc) is 0.788. The summed E-state index contributed by atoms with van der Waals surface area (Å²) < 4.78 is 0. The fourth-order valence-electron chi connectivity index (χ4n) is 15.0. The van der Waals surface area contributed by atoms with E-state index in [1.54, 1.807) is 0 Å². The lowest BCUT2D eigenvalue weighted by molar-refractivity contribution is 0.795. The Morgan fingerprint density at radius 1 is 0.136 bits per heavy atom. The van der Waals surface area contributed by atoms with Gasteiger partial charge in [-0.15, -0.1) is 0 Å². The highest BCUT2D eigenvalue weighted by Crippen LogP contribution is 2.46. The Kier molecular flexibility index (Phi) is 26.6. The van der Waals surface area contributed by atoms with Gasteiger partial charge in [-0.2, -0.15) is 0 Å². The molecule has 0 heterocycles. The van der Waals surface area contributed by atoms with Crippen LogP contribution in [0.25, 0.3) is 0 Å². The van der Waals surface area contributed by atoms with Gasteiger partial charge in [0.2, 0.25) is 0 Å². The highest BCUT2D eigenvalue weighted by molar-refractivity contribution is 5.87. The van der Waals surface area contributed by atoms with Crippen LogP contribution < -0.4 is 29.4 Å². The highest BCUT2D eigenvalue weighted by Gasteiger charge is 2.23. The molecule has 0 spiro atoms. The average molecular weight is 1450 g/mol. The van der Waals surface area contributed by atoms with Gasteiger partial charge in [-0.1, -0.05) is 188 Å². The van der Waals surface area contributed by atoms with Gasteiger partial charge in [0.05, 0.1) is 0 Å². The molecule has 0 saturated carbocycles. The van der Waals surface area contributed by atoms with Gasteiger partial charge in [-0.3, -0.25) is 0 Å². The van der Waals surface area contributed by atoms with E-state index >= 15 is 0 Å². The summed E-state index contributed by atoms with van der Waals surface area (Å²) in [5.74, 6) is 0. The van der Waals surface area contributed by atoms with Crippen LogP contribution in [0.1, 0.15) is 163 Å². The number of aryl methyl sites for hydroxylation is 8. The zero-order chi connectivity index (χ0) is 76.0. The molecule has 0 saturated heterocycles. The van der Waals surface area contributed by atoms with Crippen molar-refractivity contribution in [1.82, 2.24) is 0 Å². The van der Waals surface area contributed by atoms with Crippen LogP contribution in [0.4, 0.5) is 102 Å². The fourth-order valence-corrected chi connectivity index (χ4v) is 15.0. The predicted octanol–water partition coefficient (Wildman–Crippen LogP) is 31.2. The first-order valence-electron chi connectivity index (χ1n) is 41.1. The monoisotopic (exact) mass is 1440 g/mol. The minimum Gasteiger partial charge on any atom is -0.311 e. The molecule has 0 amide bonds. The SMILES string of the molecule is CCCCc1ccc(N(c2ccc(CCCC)cc2)c2ccc(N(c3ccc(CCCC)cc3)c3ccc(N(c4ccc(C)cc4)c4ccc(N(c5ccc(C)cc5)c5ccc(N(c6ccc(CCCC)cc6)c6ccc(N(c7ccc(CCCC)cc7)c7ccc(CCCC)cc7)cc6)cc5)cc4)cc3)cc2)cc1. The van der Waals surface area contributed by atoms with Gasteiger partial charge in [0, 0.05) is 102 Å². The van der Waals surface area contributed by atoms with Crippen molar-refractivity contribution in [2.45, 2.75) is 171 Å². The molecule has 0 aliphatic rings. The van der Waals surface area contributed by atoms with E-state index in [9.17, 15) is 0 Å². The Balaban J connectivity index is 0.825. The topological polar surface area (TPSA) is 19.4 Å². The molecule has 0 aromatic heterocycles.